The van der Waals surface area contributed by atoms with E-state index in [-0.39, 0.29) is 38.5 Å². The summed E-state index contributed by atoms with van der Waals surface area (Å²) in [5, 5.41) is 8.87. The topological polar surface area (TPSA) is 181 Å². The number of rotatable bonds is 14. The number of benzene rings is 2. The predicted molar refractivity (Wildman–Crippen MR) is 158 cm³/mol. The van der Waals surface area contributed by atoms with Crippen molar-refractivity contribution in [3.8, 4) is 0 Å². The van der Waals surface area contributed by atoms with Crippen LogP contribution in [0.25, 0.3) is 10.9 Å². The van der Waals surface area contributed by atoms with Gasteiger partial charge in [-0.1, -0.05) is 30.3 Å². The van der Waals surface area contributed by atoms with Gasteiger partial charge < -0.3 is 38.1 Å². The van der Waals surface area contributed by atoms with Gasteiger partial charge in [-0.2, -0.15) is 13.2 Å². The van der Waals surface area contributed by atoms with Crippen LogP contribution in [0.1, 0.15) is 24.0 Å². The van der Waals surface area contributed by atoms with Crippen molar-refractivity contribution in [3.63, 3.8) is 0 Å². The molecular weight excluding hydrogens is 565 g/mol. The molecular formula is C29H37F3N8O3. The van der Waals surface area contributed by atoms with Crippen LogP contribution in [0.4, 0.5) is 23.7 Å². The highest BCUT2D eigenvalue weighted by Crippen LogP contribution is 2.29. The van der Waals surface area contributed by atoms with Crippen molar-refractivity contribution in [2.24, 2.45) is 17.2 Å². The van der Waals surface area contributed by atoms with Crippen LogP contribution in [-0.2, 0) is 22.2 Å². The van der Waals surface area contributed by atoms with Gasteiger partial charge in [0.15, 0.2) is 0 Å². The van der Waals surface area contributed by atoms with Crippen molar-refractivity contribution in [2.45, 2.75) is 37.5 Å². The van der Waals surface area contributed by atoms with Gasteiger partial charge in [-0.25, -0.2) is 4.79 Å². The minimum absolute atomic E-state index is 0.0857. The number of nitrogens with zero attached hydrogens (tertiary/aromatic N) is 2. The number of carbonyl (C=O) groups is 3. The first kappa shape index (κ1) is 33.2. The van der Waals surface area contributed by atoms with Crippen LogP contribution in [0, 0.1) is 0 Å². The van der Waals surface area contributed by atoms with E-state index in [0.29, 0.717) is 30.8 Å². The fourth-order valence-electron chi connectivity index (χ4n) is 4.31. The Hall–Kier alpha value is -4.27. The van der Waals surface area contributed by atoms with Gasteiger partial charge in [0.2, 0.25) is 11.8 Å². The lowest BCUT2D eigenvalue weighted by atomic mass is 10.0. The Bertz CT molecular complexity index is 1370. The van der Waals surface area contributed by atoms with Gasteiger partial charge in [-0.05, 0) is 42.7 Å². The molecule has 9 N–H and O–H groups in total. The number of carbonyl (C=O) groups excluding carboxylic acids is 3. The number of fused-ring (bicyclic) bond motifs is 1. The lowest BCUT2D eigenvalue weighted by Crippen LogP contribution is -2.51. The Morgan fingerprint density at radius 2 is 1.63 bits per heavy atom. The summed E-state index contributed by atoms with van der Waals surface area (Å²) in [6, 6.07) is 10.9. The SMILES string of the molecule is NCCN(CCN)C(=O)NCCC[C@H](N)C(=O)N[C@H](Cc1ccc(C(F)(F)F)cc1)C(=O)Nc1cnc2ccccc2c1. The molecule has 0 radical (unpaired) electrons. The summed E-state index contributed by atoms with van der Waals surface area (Å²) in [6.45, 7) is 1.52. The summed E-state index contributed by atoms with van der Waals surface area (Å²) in [4.78, 5) is 44.3. The standard InChI is InChI=1S/C29H37F3N8O3/c30-29(31,32)21-9-7-19(8-10-21)16-25(27(42)38-22-17-20-4-1-2-6-24(20)37-18-22)39-26(41)23(35)5-3-13-36-28(43)40(14-11-33)15-12-34/h1-2,4,6-10,17-18,23,25H,3,5,11-16,33-35H2,(H,36,43)(H,38,42)(H,39,41)/t23-,25+/m0/s1. The van der Waals surface area contributed by atoms with Crippen molar-refractivity contribution in [1.82, 2.24) is 20.5 Å². The molecule has 11 nitrogen and oxygen atoms in total. The highest BCUT2D eigenvalue weighted by atomic mass is 19.4. The lowest BCUT2D eigenvalue weighted by molar-refractivity contribution is -0.137. The summed E-state index contributed by atoms with van der Waals surface area (Å²) in [6.07, 6.45) is -2.55. The van der Waals surface area contributed by atoms with Crippen LogP contribution in [0.2, 0.25) is 0 Å². The average molecular weight is 603 g/mol. The van der Waals surface area contributed by atoms with Crippen LogP contribution in [0.15, 0.2) is 60.8 Å². The molecule has 0 aliphatic heterocycles. The summed E-state index contributed by atoms with van der Waals surface area (Å²) in [5.41, 5.74) is 17.8. The van der Waals surface area contributed by atoms with Crippen molar-refractivity contribution < 1.29 is 27.6 Å². The second-order valence-corrected chi connectivity index (χ2v) is 9.91. The Kier molecular flexibility index (Phi) is 12.2. The van der Waals surface area contributed by atoms with E-state index in [1.165, 1.54) is 23.2 Å². The Morgan fingerprint density at radius 3 is 2.28 bits per heavy atom. The lowest BCUT2D eigenvalue weighted by Gasteiger charge is -2.22. The second kappa shape index (κ2) is 15.8. The molecule has 3 rings (SSSR count). The van der Waals surface area contributed by atoms with Crippen molar-refractivity contribution >= 4 is 34.4 Å². The molecule has 1 heterocycles. The molecule has 0 bridgehead atoms. The van der Waals surface area contributed by atoms with Crippen LogP contribution < -0.4 is 33.2 Å². The van der Waals surface area contributed by atoms with Gasteiger partial charge in [0.05, 0.1) is 29.0 Å². The third-order valence-corrected chi connectivity index (χ3v) is 6.60. The van der Waals surface area contributed by atoms with E-state index in [1.807, 2.05) is 24.3 Å². The number of para-hydroxylation sites is 1. The maximum absolute atomic E-state index is 13.3. The number of urea groups is 1. The number of alkyl halides is 3. The average Bonchev–Trinajstić information content (AvgIpc) is 2.98. The molecule has 14 heteroatoms. The normalized spacial score (nSPS) is 12.8. The van der Waals surface area contributed by atoms with Crippen LogP contribution in [0.5, 0.6) is 0 Å². The first-order valence-corrected chi connectivity index (χ1v) is 13.8. The van der Waals surface area contributed by atoms with Crippen molar-refractivity contribution in [1.29, 1.82) is 0 Å². The molecule has 2 atom stereocenters. The molecule has 0 aliphatic rings. The van der Waals surface area contributed by atoms with Crippen LogP contribution in [0.3, 0.4) is 0 Å². The highest BCUT2D eigenvalue weighted by molar-refractivity contribution is 5.99. The minimum Gasteiger partial charge on any atom is -0.343 e. The molecule has 0 aliphatic carbocycles. The van der Waals surface area contributed by atoms with Gasteiger partial charge in [0.25, 0.3) is 0 Å². The van der Waals surface area contributed by atoms with E-state index >= 15 is 0 Å². The van der Waals surface area contributed by atoms with Gasteiger partial charge in [-0.15, -0.1) is 0 Å². The summed E-state index contributed by atoms with van der Waals surface area (Å²) >= 11 is 0. The second-order valence-electron chi connectivity index (χ2n) is 9.91. The van der Waals surface area contributed by atoms with E-state index in [2.05, 4.69) is 20.9 Å². The number of nitrogens with two attached hydrogens (primary N) is 3. The molecule has 4 amide bonds. The highest BCUT2D eigenvalue weighted by Gasteiger charge is 2.30. The van der Waals surface area contributed by atoms with Crippen LogP contribution in [-0.4, -0.2) is 72.5 Å². The van der Waals surface area contributed by atoms with Gasteiger partial charge in [0.1, 0.15) is 6.04 Å². The maximum Gasteiger partial charge on any atom is 0.416 e. The monoisotopic (exact) mass is 602 g/mol. The van der Waals surface area contributed by atoms with Gasteiger partial charge >= 0.3 is 12.2 Å². The van der Waals surface area contributed by atoms with E-state index < -0.39 is 35.6 Å². The predicted octanol–water partition coefficient (Wildman–Crippen LogP) is 1.96. The van der Waals surface area contributed by atoms with E-state index in [0.717, 1.165) is 23.0 Å². The Morgan fingerprint density at radius 1 is 0.953 bits per heavy atom. The quantitative estimate of drug-likeness (QED) is 0.153. The third-order valence-electron chi connectivity index (χ3n) is 6.60. The summed E-state index contributed by atoms with van der Waals surface area (Å²) in [5.74, 6) is -1.22. The number of hydrogen-bond donors (Lipinski definition) is 6. The molecule has 1 aromatic heterocycles. The zero-order valence-corrected chi connectivity index (χ0v) is 23.6. The van der Waals surface area contributed by atoms with Gasteiger partial charge in [0, 0.05) is 44.5 Å². The van der Waals surface area contributed by atoms with Gasteiger partial charge in [-0.3, -0.25) is 14.6 Å². The Labute approximate surface area is 247 Å². The van der Waals surface area contributed by atoms with Crippen LogP contribution >= 0.6 is 0 Å². The molecule has 43 heavy (non-hydrogen) atoms. The summed E-state index contributed by atoms with van der Waals surface area (Å²) < 4.78 is 39.1. The maximum atomic E-state index is 13.3. The number of aromatic nitrogens is 1. The Balaban J connectivity index is 1.65. The summed E-state index contributed by atoms with van der Waals surface area (Å²) in [7, 11) is 0. The first-order valence-electron chi connectivity index (χ1n) is 13.8. The zero-order valence-electron chi connectivity index (χ0n) is 23.6. The molecule has 232 valence electrons. The molecule has 0 saturated carbocycles. The fourth-order valence-corrected chi connectivity index (χ4v) is 4.31. The number of anilines is 1. The number of hydrogen-bond acceptors (Lipinski definition) is 7. The third kappa shape index (κ3) is 10.2. The fraction of sp³-hybridized carbons (Fsp3) is 0.379. The van der Waals surface area contributed by atoms with Crippen molar-refractivity contribution in [2.75, 3.05) is 38.0 Å². The number of pyridine rings is 1. The molecule has 2 aromatic carbocycles. The molecule has 0 unspecified atom stereocenters. The van der Waals surface area contributed by atoms with Crippen molar-refractivity contribution in [3.05, 3.63) is 71.9 Å². The molecule has 0 saturated heterocycles. The van der Waals surface area contributed by atoms with E-state index in [9.17, 15) is 27.6 Å². The number of halogens is 3. The zero-order chi connectivity index (χ0) is 31.4. The molecule has 0 fully saturated rings. The smallest absolute Gasteiger partial charge is 0.343 e. The minimum atomic E-state index is -4.51. The largest absolute Gasteiger partial charge is 0.416 e. The van der Waals surface area contributed by atoms with E-state index in [1.54, 1.807) is 6.07 Å². The molecule has 3 aromatic rings. The first-order chi connectivity index (χ1) is 20.5. The molecule has 0 spiro atoms. The van der Waals surface area contributed by atoms with E-state index in [4.69, 9.17) is 17.2 Å². The number of nitrogens with one attached hydrogen (secondary N) is 3. The number of amides is 4.